The highest BCUT2D eigenvalue weighted by Crippen LogP contribution is 2.37. The van der Waals surface area contributed by atoms with E-state index in [-0.39, 0.29) is 5.54 Å². The number of hydrogen-bond donors (Lipinski definition) is 1. The van der Waals surface area contributed by atoms with Crippen LogP contribution in [0.15, 0.2) is 0 Å². The molecule has 0 spiro atoms. The third kappa shape index (κ3) is 3.35. The van der Waals surface area contributed by atoms with Gasteiger partial charge < -0.3 is 10.2 Å². The molecule has 114 valence electrons. The van der Waals surface area contributed by atoms with Crippen LogP contribution in [-0.2, 0) is 0 Å². The van der Waals surface area contributed by atoms with E-state index in [9.17, 15) is 5.26 Å². The maximum Gasteiger partial charge on any atom is 0.109 e. The second-order valence-electron chi connectivity index (χ2n) is 7.12. The molecule has 1 N–H and O–H groups in total. The van der Waals surface area contributed by atoms with Crippen LogP contribution in [0.4, 0.5) is 0 Å². The molecule has 20 heavy (non-hydrogen) atoms. The van der Waals surface area contributed by atoms with Gasteiger partial charge >= 0.3 is 0 Å². The summed E-state index contributed by atoms with van der Waals surface area (Å²) in [6, 6.07) is 3.33. The van der Waals surface area contributed by atoms with Crippen molar-refractivity contribution in [2.24, 2.45) is 11.8 Å². The number of nitrogens with zero attached hydrogens (tertiary/aromatic N) is 2. The van der Waals surface area contributed by atoms with Crippen LogP contribution >= 0.6 is 0 Å². The highest BCUT2D eigenvalue weighted by Gasteiger charge is 2.41. The van der Waals surface area contributed by atoms with Gasteiger partial charge in [0.2, 0.25) is 0 Å². The van der Waals surface area contributed by atoms with Crippen molar-refractivity contribution in [3.05, 3.63) is 0 Å². The van der Waals surface area contributed by atoms with Crippen molar-refractivity contribution >= 4 is 0 Å². The minimum atomic E-state index is -0.249. The van der Waals surface area contributed by atoms with Crippen molar-refractivity contribution < 1.29 is 0 Å². The predicted octanol–water partition coefficient (Wildman–Crippen LogP) is 3.17. The van der Waals surface area contributed by atoms with Crippen LogP contribution in [0, 0.1) is 23.2 Å². The van der Waals surface area contributed by atoms with Crippen LogP contribution in [-0.4, -0.2) is 37.1 Å². The van der Waals surface area contributed by atoms with Gasteiger partial charge in [0.05, 0.1) is 6.07 Å². The Morgan fingerprint density at radius 3 is 2.75 bits per heavy atom. The van der Waals surface area contributed by atoms with E-state index >= 15 is 0 Å². The van der Waals surface area contributed by atoms with Crippen LogP contribution < -0.4 is 5.32 Å². The van der Waals surface area contributed by atoms with Gasteiger partial charge in [-0.1, -0.05) is 26.2 Å². The van der Waals surface area contributed by atoms with Crippen molar-refractivity contribution in [1.29, 1.82) is 5.26 Å². The monoisotopic (exact) mass is 277 g/mol. The minimum Gasteiger partial charge on any atom is -0.303 e. The second kappa shape index (κ2) is 6.91. The molecule has 3 nitrogen and oxygen atoms in total. The Balaban J connectivity index is 1.84. The average molecular weight is 277 g/mol. The summed E-state index contributed by atoms with van der Waals surface area (Å²) >= 11 is 0. The van der Waals surface area contributed by atoms with E-state index < -0.39 is 0 Å². The molecular weight excluding hydrogens is 246 g/mol. The fourth-order valence-electron chi connectivity index (χ4n) is 4.35. The highest BCUT2D eigenvalue weighted by atomic mass is 15.1. The fraction of sp³-hybridized carbons (Fsp3) is 0.941. The zero-order chi connectivity index (χ0) is 14.6. The summed E-state index contributed by atoms with van der Waals surface area (Å²) in [4.78, 5) is 2.56. The molecule has 0 aromatic carbocycles. The number of nitriles is 1. The first-order chi connectivity index (χ1) is 9.61. The van der Waals surface area contributed by atoms with E-state index in [1.165, 1.54) is 38.5 Å². The smallest absolute Gasteiger partial charge is 0.109 e. The summed E-state index contributed by atoms with van der Waals surface area (Å²) in [5, 5.41) is 12.8. The van der Waals surface area contributed by atoms with Crippen molar-refractivity contribution in [1.82, 2.24) is 10.2 Å². The van der Waals surface area contributed by atoms with Crippen LogP contribution in [0.5, 0.6) is 0 Å². The quantitative estimate of drug-likeness (QED) is 0.839. The largest absolute Gasteiger partial charge is 0.303 e. The molecule has 2 aliphatic rings. The molecule has 0 amide bonds. The standard InChI is InChI=1S/C17H31N3/c1-14-6-4-8-16(12-14)20(3)11-9-15-7-5-10-17(15,13-18)19-2/h14-16,19H,4-12H2,1-3H3. The molecule has 4 unspecified atom stereocenters. The SMILES string of the molecule is CNC1(C#N)CCCC1CCN(C)C1CCCC(C)C1. The molecule has 0 heterocycles. The Morgan fingerprint density at radius 2 is 2.10 bits per heavy atom. The minimum absolute atomic E-state index is 0.249. The summed E-state index contributed by atoms with van der Waals surface area (Å²) in [7, 11) is 4.24. The van der Waals surface area contributed by atoms with Gasteiger partial charge in [-0.3, -0.25) is 0 Å². The molecule has 0 bridgehead atoms. The third-order valence-corrected chi connectivity index (χ3v) is 5.83. The van der Waals surface area contributed by atoms with E-state index in [2.05, 4.69) is 30.3 Å². The summed E-state index contributed by atoms with van der Waals surface area (Å²) in [6.45, 7) is 3.53. The summed E-state index contributed by atoms with van der Waals surface area (Å²) in [6.07, 6.45) is 10.1. The zero-order valence-corrected chi connectivity index (χ0v) is 13.5. The van der Waals surface area contributed by atoms with Gasteiger partial charge in [0, 0.05) is 6.04 Å². The predicted molar refractivity (Wildman–Crippen MR) is 83.4 cm³/mol. The van der Waals surface area contributed by atoms with Crippen molar-refractivity contribution in [3.63, 3.8) is 0 Å². The Bertz CT molecular complexity index is 349. The lowest BCUT2D eigenvalue weighted by atomic mass is 9.84. The third-order valence-electron chi connectivity index (χ3n) is 5.83. The van der Waals surface area contributed by atoms with E-state index in [0.29, 0.717) is 5.92 Å². The lowest BCUT2D eigenvalue weighted by molar-refractivity contribution is 0.149. The van der Waals surface area contributed by atoms with Gasteiger partial charge in [0.15, 0.2) is 0 Å². The lowest BCUT2D eigenvalue weighted by Gasteiger charge is -2.36. The first kappa shape index (κ1) is 15.8. The molecule has 0 saturated heterocycles. The second-order valence-corrected chi connectivity index (χ2v) is 7.12. The van der Waals surface area contributed by atoms with Gasteiger partial charge in [0.1, 0.15) is 5.54 Å². The number of rotatable bonds is 5. The van der Waals surface area contributed by atoms with Crippen molar-refractivity contribution in [2.75, 3.05) is 20.6 Å². The maximum atomic E-state index is 9.51. The molecule has 3 heteroatoms. The van der Waals surface area contributed by atoms with E-state index in [1.807, 2.05) is 7.05 Å². The van der Waals surface area contributed by atoms with Crippen molar-refractivity contribution in [2.45, 2.75) is 69.9 Å². The molecule has 0 aromatic heterocycles. The van der Waals surface area contributed by atoms with E-state index in [1.54, 1.807) is 0 Å². The van der Waals surface area contributed by atoms with Gasteiger partial charge in [-0.25, -0.2) is 0 Å². The Morgan fingerprint density at radius 1 is 1.30 bits per heavy atom. The first-order valence-electron chi connectivity index (χ1n) is 8.41. The van der Waals surface area contributed by atoms with Gasteiger partial charge in [-0.05, 0) is 64.6 Å². The molecule has 2 rings (SSSR count). The summed E-state index contributed by atoms with van der Waals surface area (Å²) < 4.78 is 0. The van der Waals surface area contributed by atoms with E-state index in [4.69, 9.17) is 0 Å². The van der Waals surface area contributed by atoms with E-state index in [0.717, 1.165) is 31.3 Å². The van der Waals surface area contributed by atoms with Crippen LogP contribution in [0.2, 0.25) is 0 Å². The molecule has 4 atom stereocenters. The van der Waals surface area contributed by atoms with Crippen molar-refractivity contribution in [3.8, 4) is 6.07 Å². The maximum absolute atomic E-state index is 9.51. The average Bonchev–Trinajstić information content (AvgIpc) is 2.88. The highest BCUT2D eigenvalue weighted by molar-refractivity contribution is 5.13. The first-order valence-corrected chi connectivity index (χ1v) is 8.41. The Kier molecular flexibility index (Phi) is 5.46. The van der Waals surface area contributed by atoms with Gasteiger partial charge in [0.25, 0.3) is 0 Å². The normalized spacial score (nSPS) is 38.0. The molecule has 0 aromatic rings. The summed E-state index contributed by atoms with van der Waals surface area (Å²) in [5.74, 6) is 1.42. The topological polar surface area (TPSA) is 39.1 Å². The number of nitrogens with one attached hydrogen (secondary N) is 1. The summed E-state index contributed by atoms with van der Waals surface area (Å²) in [5.41, 5.74) is -0.249. The van der Waals surface area contributed by atoms with Crippen LogP contribution in [0.1, 0.15) is 58.3 Å². The fourth-order valence-corrected chi connectivity index (χ4v) is 4.35. The molecule has 2 fully saturated rings. The Hall–Kier alpha value is -0.590. The molecule has 0 radical (unpaired) electrons. The lowest BCUT2D eigenvalue weighted by Crippen LogP contribution is -2.46. The Labute approximate surface area is 124 Å². The van der Waals surface area contributed by atoms with Crippen LogP contribution in [0.25, 0.3) is 0 Å². The number of hydrogen-bond acceptors (Lipinski definition) is 3. The van der Waals surface area contributed by atoms with Crippen LogP contribution in [0.3, 0.4) is 0 Å². The van der Waals surface area contributed by atoms with Gasteiger partial charge in [-0.15, -0.1) is 0 Å². The molecular formula is C17H31N3. The zero-order valence-electron chi connectivity index (χ0n) is 13.5. The molecule has 2 aliphatic carbocycles. The van der Waals surface area contributed by atoms with Gasteiger partial charge in [-0.2, -0.15) is 5.26 Å². The molecule has 2 saturated carbocycles. The molecule has 0 aliphatic heterocycles.